The van der Waals surface area contributed by atoms with E-state index in [0.717, 1.165) is 16.5 Å². The van der Waals surface area contributed by atoms with Gasteiger partial charge in [-0.2, -0.15) is 11.8 Å². The lowest BCUT2D eigenvalue weighted by atomic mass is 9.99. The molecule has 1 N–H and O–H groups in total. The maximum Gasteiger partial charge on any atom is 0.127 e. The van der Waals surface area contributed by atoms with Gasteiger partial charge in [-0.3, -0.25) is 0 Å². The van der Waals surface area contributed by atoms with Crippen LogP contribution in [0, 0.1) is 5.82 Å². The Morgan fingerprint density at radius 1 is 1.60 bits per heavy atom. The van der Waals surface area contributed by atoms with Crippen LogP contribution in [0.25, 0.3) is 0 Å². The van der Waals surface area contributed by atoms with Gasteiger partial charge in [0, 0.05) is 26.6 Å². The molecule has 4 heteroatoms. The number of aliphatic hydroxyl groups is 1. The molecular weight excluding hydrogens is 279 g/mol. The molecule has 1 aromatic rings. The molecule has 0 amide bonds. The highest BCUT2D eigenvalue weighted by Gasteiger charge is 2.30. The number of benzene rings is 1. The number of aliphatic hydroxyl groups excluding tert-OH is 1. The fourth-order valence-electron chi connectivity index (χ4n) is 1.88. The Labute approximate surface area is 101 Å². The van der Waals surface area contributed by atoms with Crippen molar-refractivity contribution in [3.63, 3.8) is 0 Å². The summed E-state index contributed by atoms with van der Waals surface area (Å²) in [6.07, 6.45) is 0.336. The SMILES string of the molecule is CCC1SCc2c(F)ccc(Br)c2C1O. The first kappa shape index (κ1) is 11.4. The van der Waals surface area contributed by atoms with Gasteiger partial charge in [-0.1, -0.05) is 22.9 Å². The van der Waals surface area contributed by atoms with Crippen LogP contribution in [0.2, 0.25) is 0 Å². The van der Waals surface area contributed by atoms with Gasteiger partial charge in [0.15, 0.2) is 0 Å². The van der Waals surface area contributed by atoms with Gasteiger partial charge >= 0.3 is 0 Å². The van der Waals surface area contributed by atoms with Crippen LogP contribution in [-0.2, 0) is 5.75 Å². The molecule has 1 aliphatic rings. The highest BCUT2D eigenvalue weighted by molar-refractivity contribution is 9.10. The molecule has 1 aliphatic heterocycles. The Morgan fingerprint density at radius 2 is 2.33 bits per heavy atom. The highest BCUT2D eigenvalue weighted by Crippen LogP contribution is 2.43. The molecule has 0 radical (unpaired) electrons. The van der Waals surface area contributed by atoms with E-state index in [4.69, 9.17) is 0 Å². The molecule has 0 fully saturated rings. The van der Waals surface area contributed by atoms with Gasteiger partial charge in [0.05, 0.1) is 6.10 Å². The lowest BCUT2D eigenvalue weighted by molar-refractivity contribution is 0.168. The summed E-state index contributed by atoms with van der Waals surface area (Å²) in [5.74, 6) is 0.435. The smallest absolute Gasteiger partial charge is 0.127 e. The van der Waals surface area contributed by atoms with Crippen molar-refractivity contribution in [2.24, 2.45) is 0 Å². The highest BCUT2D eigenvalue weighted by atomic mass is 79.9. The van der Waals surface area contributed by atoms with Gasteiger partial charge in [0.1, 0.15) is 5.82 Å². The zero-order valence-corrected chi connectivity index (χ0v) is 10.7. The molecule has 2 rings (SSSR count). The van der Waals surface area contributed by atoms with Crippen LogP contribution in [0.15, 0.2) is 16.6 Å². The Morgan fingerprint density at radius 3 is 3.00 bits per heavy atom. The van der Waals surface area contributed by atoms with Crippen molar-refractivity contribution in [2.45, 2.75) is 30.5 Å². The molecule has 0 saturated heterocycles. The Hall–Kier alpha value is -0.0600. The summed E-state index contributed by atoms with van der Waals surface area (Å²) >= 11 is 5.00. The maximum atomic E-state index is 13.5. The first-order valence-electron chi connectivity index (χ1n) is 4.91. The maximum absolute atomic E-state index is 13.5. The van der Waals surface area contributed by atoms with Gasteiger partial charge in [0.2, 0.25) is 0 Å². The molecule has 2 unspecified atom stereocenters. The number of rotatable bonds is 1. The van der Waals surface area contributed by atoms with Crippen LogP contribution >= 0.6 is 27.7 Å². The quantitative estimate of drug-likeness (QED) is 0.852. The standard InChI is InChI=1S/C11H12BrFOS/c1-2-9-11(14)10-6(5-15-9)8(13)4-3-7(10)12/h3-4,9,11,14H,2,5H2,1H3. The second-order valence-corrected chi connectivity index (χ2v) is 5.71. The summed E-state index contributed by atoms with van der Waals surface area (Å²) in [5.41, 5.74) is 1.38. The van der Waals surface area contributed by atoms with Gasteiger partial charge in [-0.15, -0.1) is 0 Å². The van der Waals surface area contributed by atoms with Gasteiger partial charge in [-0.05, 0) is 18.6 Å². The van der Waals surface area contributed by atoms with E-state index in [1.165, 1.54) is 6.07 Å². The minimum absolute atomic E-state index is 0.176. The van der Waals surface area contributed by atoms with Crippen LogP contribution < -0.4 is 0 Å². The van der Waals surface area contributed by atoms with Crippen molar-refractivity contribution in [2.75, 3.05) is 0 Å². The zero-order chi connectivity index (χ0) is 11.0. The molecular formula is C11H12BrFOS. The molecule has 15 heavy (non-hydrogen) atoms. The number of hydrogen-bond donors (Lipinski definition) is 1. The second-order valence-electron chi connectivity index (χ2n) is 3.62. The minimum atomic E-state index is -0.561. The van der Waals surface area contributed by atoms with Crippen molar-refractivity contribution in [1.82, 2.24) is 0 Å². The summed E-state index contributed by atoms with van der Waals surface area (Å²) in [6, 6.07) is 3.11. The van der Waals surface area contributed by atoms with Crippen molar-refractivity contribution >= 4 is 27.7 Å². The van der Waals surface area contributed by atoms with Gasteiger partial charge < -0.3 is 5.11 Å². The van der Waals surface area contributed by atoms with E-state index in [0.29, 0.717) is 11.3 Å². The Kier molecular flexibility index (Phi) is 3.38. The third kappa shape index (κ3) is 1.95. The third-order valence-electron chi connectivity index (χ3n) is 2.74. The van der Waals surface area contributed by atoms with E-state index in [-0.39, 0.29) is 11.1 Å². The van der Waals surface area contributed by atoms with Crippen molar-refractivity contribution < 1.29 is 9.50 Å². The second kappa shape index (κ2) is 4.44. The van der Waals surface area contributed by atoms with E-state index >= 15 is 0 Å². The van der Waals surface area contributed by atoms with Crippen LogP contribution in [0.3, 0.4) is 0 Å². The summed E-state index contributed by atoms with van der Waals surface area (Å²) in [7, 11) is 0. The van der Waals surface area contributed by atoms with Crippen molar-refractivity contribution in [1.29, 1.82) is 0 Å². The summed E-state index contributed by atoms with van der Waals surface area (Å²) in [6.45, 7) is 2.04. The minimum Gasteiger partial charge on any atom is -0.387 e. The monoisotopic (exact) mass is 290 g/mol. The van der Waals surface area contributed by atoms with E-state index < -0.39 is 6.10 Å². The lowest BCUT2D eigenvalue weighted by Gasteiger charge is -2.30. The third-order valence-corrected chi connectivity index (χ3v) is 4.90. The number of hydrogen-bond acceptors (Lipinski definition) is 2. The molecule has 0 aromatic heterocycles. The van der Waals surface area contributed by atoms with Crippen LogP contribution in [0.4, 0.5) is 4.39 Å². The van der Waals surface area contributed by atoms with E-state index in [1.807, 2.05) is 6.92 Å². The predicted octanol–water partition coefficient (Wildman–Crippen LogP) is 3.65. The van der Waals surface area contributed by atoms with Crippen LogP contribution in [-0.4, -0.2) is 10.4 Å². The molecule has 1 aromatic carbocycles. The van der Waals surface area contributed by atoms with Crippen molar-refractivity contribution in [3.05, 3.63) is 33.5 Å². The van der Waals surface area contributed by atoms with Gasteiger partial charge in [0.25, 0.3) is 0 Å². The summed E-state index contributed by atoms with van der Waals surface area (Å²) < 4.78 is 14.3. The first-order valence-corrected chi connectivity index (χ1v) is 6.75. The number of thioether (sulfide) groups is 1. The summed E-state index contributed by atoms with van der Waals surface area (Å²) in [5, 5.41) is 10.3. The molecule has 0 aliphatic carbocycles. The molecule has 1 heterocycles. The number of halogens is 2. The molecule has 2 atom stereocenters. The number of fused-ring (bicyclic) bond motifs is 1. The average molecular weight is 291 g/mol. The normalized spacial score (nSPS) is 25.1. The van der Waals surface area contributed by atoms with Crippen LogP contribution in [0.5, 0.6) is 0 Å². The first-order chi connectivity index (χ1) is 7.15. The Balaban J connectivity index is 2.50. The van der Waals surface area contributed by atoms with E-state index in [1.54, 1.807) is 17.8 Å². The largest absolute Gasteiger partial charge is 0.387 e. The fourth-order valence-corrected chi connectivity index (χ4v) is 3.72. The topological polar surface area (TPSA) is 20.2 Å². The zero-order valence-electron chi connectivity index (χ0n) is 8.34. The fraction of sp³-hybridized carbons (Fsp3) is 0.455. The van der Waals surface area contributed by atoms with Crippen molar-refractivity contribution in [3.8, 4) is 0 Å². The lowest BCUT2D eigenvalue weighted by Crippen LogP contribution is -2.21. The molecule has 82 valence electrons. The molecule has 0 spiro atoms. The van der Waals surface area contributed by atoms with Crippen LogP contribution in [0.1, 0.15) is 30.6 Å². The molecule has 1 nitrogen and oxygen atoms in total. The Bertz CT molecular complexity index is 383. The van der Waals surface area contributed by atoms with Gasteiger partial charge in [-0.25, -0.2) is 4.39 Å². The summed E-state index contributed by atoms with van der Waals surface area (Å²) in [4.78, 5) is 0. The van der Waals surface area contributed by atoms with E-state index in [9.17, 15) is 9.50 Å². The average Bonchev–Trinajstić information content (AvgIpc) is 2.23. The molecule has 0 saturated carbocycles. The van der Waals surface area contributed by atoms with E-state index in [2.05, 4.69) is 15.9 Å². The molecule has 0 bridgehead atoms. The predicted molar refractivity (Wildman–Crippen MR) is 64.4 cm³/mol.